The summed E-state index contributed by atoms with van der Waals surface area (Å²) in [6.45, 7) is 5.27. The predicted octanol–water partition coefficient (Wildman–Crippen LogP) is 1.56. The lowest BCUT2D eigenvalue weighted by Gasteiger charge is -2.04. The fraction of sp³-hybridized carbons (Fsp3) is 0.556. The normalized spacial score (nSPS) is 10.6. The van der Waals surface area contributed by atoms with Crippen molar-refractivity contribution in [3.05, 3.63) is 12.2 Å². The van der Waals surface area contributed by atoms with E-state index in [9.17, 15) is 0 Å². The first-order valence-electron chi connectivity index (χ1n) is 3.62. The highest BCUT2D eigenvalue weighted by atomic mass is 14.9. The number of nitrogens with one attached hydrogen (secondary N) is 1. The minimum absolute atomic E-state index is 0.569. The van der Waals surface area contributed by atoms with E-state index in [1.54, 1.807) is 6.08 Å². The van der Waals surface area contributed by atoms with E-state index in [-0.39, 0.29) is 0 Å². The molecule has 0 saturated carbocycles. The molecule has 0 amide bonds. The van der Waals surface area contributed by atoms with E-state index in [0.717, 1.165) is 13.0 Å². The van der Waals surface area contributed by atoms with E-state index in [1.807, 2.05) is 6.08 Å². The molecule has 1 heteroatoms. The standard InChI is InChI=1S/C9H15N/c1-4-5-6-7-8-10-9(2)3/h1,5-6,9-10H,7-8H2,2-3H3. The van der Waals surface area contributed by atoms with Crippen LogP contribution in [0.15, 0.2) is 12.2 Å². The highest BCUT2D eigenvalue weighted by Gasteiger charge is 1.87. The highest BCUT2D eigenvalue weighted by Crippen LogP contribution is 1.81. The van der Waals surface area contributed by atoms with Gasteiger partial charge in [0.05, 0.1) is 0 Å². The van der Waals surface area contributed by atoms with Gasteiger partial charge in [0.1, 0.15) is 0 Å². The quantitative estimate of drug-likeness (QED) is 0.458. The molecule has 0 fully saturated rings. The SMILES string of the molecule is C#CC=CCCNC(C)C. The Morgan fingerprint density at radius 2 is 2.30 bits per heavy atom. The molecule has 1 nitrogen and oxygen atoms in total. The van der Waals surface area contributed by atoms with Gasteiger partial charge in [-0.2, -0.15) is 0 Å². The second kappa shape index (κ2) is 6.38. The molecular formula is C9H15N. The van der Waals surface area contributed by atoms with Crippen LogP contribution in [0.2, 0.25) is 0 Å². The third-order valence-electron chi connectivity index (χ3n) is 1.08. The summed E-state index contributed by atoms with van der Waals surface area (Å²) in [5.41, 5.74) is 0. The van der Waals surface area contributed by atoms with E-state index in [1.165, 1.54) is 0 Å². The Balaban J connectivity index is 3.07. The first-order chi connectivity index (χ1) is 4.77. The van der Waals surface area contributed by atoms with Crippen molar-refractivity contribution in [2.24, 2.45) is 0 Å². The van der Waals surface area contributed by atoms with Gasteiger partial charge in [-0.05, 0) is 19.0 Å². The third-order valence-corrected chi connectivity index (χ3v) is 1.08. The lowest BCUT2D eigenvalue weighted by atomic mass is 10.3. The van der Waals surface area contributed by atoms with E-state index in [2.05, 4.69) is 25.1 Å². The van der Waals surface area contributed by atoms with Gasteiger partial charge in [-0.3, -0.25) is 0 Å². The van der Waals surface area contributed by atoms with Crippen LogP contribution in [0, 0.1) is 12.3 Å². The van der Waals surface area contributed by atoms with Crippen LogP contribution in [-0.4, -0.2) is 12.6 Å². The second-order valence-electron chi connectivity index (χ2n) is 2.47. The van der Waals surface area contributed by atoms with E-state index < -0.39 is 0 Å². The van der Waals surface area contributed by atoms with E-state index in [4.69, 9.17) is 6.42 Å². The lowest BCUT2D eigenvalue weighted by molar-refractivity contribution is 0.595. The van der Waals surface area contributed by atoms with Crippen molar-refractivity contribution in [3.63, 3.8) is 0 Å². The summed E-state index contributed by atoms with van der Waals surface area (Å²) in [4.78, 5) is 0. The molecule has 1 N–H and O–H groups in total. The molecule has 0 saturated heterocycles. The molecule has 0 radical (unpaired) electrons. The molecule has 0 aliphatic rings. The molecular weight excluding hydrogens is 122 g/mol. The Morgan fingerprint density at radius 1 is 1.60 bits per heavy atom. The highest BCUT2D eigenvalue weighted by molar-refractivity contribution is 5.08. The second-order valence-corrected chi connectivity index (χ2v) is 2.47. The zero-order chi connectivity index (χ0) is 7.82. The third kappa shape index (κ3) is 7.26. The number of rotatable bonds is 4. The summed E-state index contributed by atoms with van der Waals surface area (Å²) in [6, 6.07) is 0.569. The van der Waals surface area contributed by atoms with Crippen LogP contribution >= 0.6 is 0 Å². The van der Waals surface area contributed by atoms with E-state index in [0.29, 0.717) is 6.04 Å². The Hall–Kier alpha value is -0.740. The molecule has 0 rings (SSSR count). The Morgan fingerprint density at radius 3 is 2.80 bits per heavy atom. The van der Waals surface area contributed by atoms with Gasteiger partial charge in [-0.15, -0.1) is 6.42 Å². The van der Waals surface area contributed by atoms with Gasteiger partial charge in [-0.25, -0.2) is 0 Å². The Kier molecular flexibility index (Phi) is 5.91. The fourth-order valence-corrected chi connectivity index (χ4v) is 0.607. The molecule has 0 aromatic rings. The molecule has 0 aliphatic heterocycles. The Labute approximate surface area is 63.5 Å². The molecule has 0 bridgehead atoms. The summed E-state index contributed by atoms with van der Waals surface area (Å²) in [6.07, 6.45) is 9.76. The van der Waals surface area contributed by atoms with Gasteiger partial charge in [0, 0.05) is 6.04 Å². The Bertz CT molecular complexity index is 128. The maximum absolute atomic E-state index is 5.01. The summed E-state index contributed by atoms with van der Waals surface area (Å²) < 4.78 is 0. The number of hydrogen-bond acceptors (Lipinski definition) is 1. The van der Waals surface area contributed by atoms with Gasteiger partial charge in [0.15, 0.2) is 0 Å². The van der Waals surface area contributed by atoms with Crippen molar-refractivity contribution in [1.82, 2.24) is 5.32 Å². The maximum atomic E-state index is 5.01. The average Bonchev–Trinajstić information content (AvgIpc) is 1.87. The number of hydrogen-bond donors (Lipinski definition) is 1. The van der Waals surface area contributed by atoms with Crippen molar-refractivity contribution in [3.8, 4) is 12.3 Å². The summed E-state index contributed by atoms with van der Waals surface area (Å²) in [5.74, 6) is 2.45. The van der Waals surface area contributed by atoms with Crippen LogP contribution in [0.3, 0.4) is 0 Å². The van der Waals surface area contributed by atoms with Gasteiger partial charge < -0.3 is 5.32 Å². The van der Waals surface area contributed by atoms with Crippen LogP contribution in [0.4, 0.5) is 0 Å². The van der Waals surface area contributed by atoms with E-state index >= 15 is 0 Å². The number of terminal acetylenes is 1. The molecule has 0 aromatic carbocycles. The minimum atomic E-state index is 0.569. The largest absolute Gasteiger partial charge is 0.314 e. The zero-order valence-corrected chi connectivity index (χ0v) is 6.72. The average molecular weight is 137 g/mol. The van der Waals surface area contributed by atoms with Crippen molar-refractivity contribution in [2.75, 3.05) is 6.54 Å². The van der Waals surface area contributed by atoms with Gasteiger partial charge in [0.25, 0.3) is 0 Å². The molecule has 0 aliphatic carbocycles. The number of allylic oxidation sites excluding steroid dienone is 1. The molecule has 0 aromatic heterocycles. The molecule has 10 heavy (non-hydrogen) atoms. The molecule has 0 atom stereocenters. The van der Waals surface area contributed by atoms with Crippen LogP contribution in [-0.2, 0) is 0 Å². The molecule has 56 valence electrons. The van der Waals surface area contributed by atoms with Crippen LogP contribution in [0.1, 0.15) is 20.3 Å². The minimum Gasteiger partial charge on any atom is -0.314 e. The topological polar surface area (TPSA) is 12.0 Å². The summed E-state index contributed by atoms with van der Waals surface area (Å²) in [7, 11) is 0. The monoisotopic (exact) mass is 137 g/mol. The lowest BCUT2D eigenvalue weighted by Crippen LogP contribution is -2.23. The molecule has 0 spiro atoms. The van der Waals surface area contributed by atoms with Crippen molar-refractivity contribution < 1.29 is 0 Å². The molecule has 0 heterocycles. The van der Waals surface area contributed by atoms with Crippen molar-refractivity contribution >= 4 is 0 Å². The summed E-state index contributed by atoms with van der Waals surface area (Å²) >= 11 is 0. The molecule has 0 unspecified atom stereocenters. The van der Waals surface area contributed by atoms with Crippen LogP contribution in [0.25, 0.3) is 0 Å². The van der Waals surface area contributed by atoms with Gasteiger partial charge >= 0.3 is 0 Å². The zero-order valence-electron chi connectivity index (χ0n) is 6.72. The van der Waals surface area contributed by atoms with Gasteiger partial charge in [-0.1, -0.05) is 25.8 Å². The fourth-order valence-electron chi connectivity index (χ4n) is 0.607. The predicted molar refractivity (Wildman–Crippen MR) is 45.7 cm³/mol. The smallest absolute Gasteiger partial charge is 0.00105 e. The first kappa shape index (κ1) is 9.26. The summed E-state index contributed by atoms with van der Waals surface area (Å²) in [5, 5.41) is 3.28. The van der Waals surface area contributed by atoms with Crippen LogP contribution < -0.4 is 5.32 Å². The van der Waals surface area contributed by atoms with Crippen LogP contribution in [0.5, 0.6) is 0 Å². The maximum Gasteiger partial charge on any atom is 0.00105 e. The first-order valence-corrected chi connectivity index (χ1v) is 3.62. The van der Waals surface area contributed by atoms with Gasteiger partial charge in [0.2, 0.25) is 0 Å². The van der Waals surface area contributed by atoms with Crippen molar-refractivity contribution in [2.45, 2.75) is 26.3 Å². The van der Waals surface area contributed by atoms with Crippen molar-refractivity contribution in [1.29, 1.82) is 0 Å².